The Morgan fingerprint density at radius 1 is 1.33 bits per heavy atom. The molecule has 3 N–H and O–H groups in total. The van der Waals surface area contributed by atoms with E-state index in [4.69, 9.17) is 14.8 Å². The van der Waals surface area contributed by atoms with E-state index in [1.807, 2.05) is 0 Å². The fourth-order valence-electron chi connectivity index (χ4n) is 1.45. The number of hydrogen-bond donors (Lipinski definition) is 3. The molecule has 0 amide bonds. The van der Waals surface area contributed by atoms with Crippen LogP contribution in [0.25, 0.3) is 0 Å². The van der Waals surface area contributed by atoms with E-state index in [2.05, 4.69) is 0 Å². The Kier molecular flexibility index (Phi) is 3.70. The average Bonchev–Trinajstić information content (AvgIpc) is 2.11. The lowest BCUT2D eigenvalue weighted by Gasteiger charge is -2.45. The number of methoxy groups -OCH3 is 1. The number of nitrogens with zero attached hydrogens (tertiary/aromatic N) is 1. The van der Waals surface area contributed by atoms with Crippen LogP contribution in [0.2, 0.25) is 0 Å². The van der Waals surface area contributed by atoms with E-state index in [9.17, 15) is 10.2 Å². The van der Waals surface area contributed by atoms with Crippen molar-refractivity contribution in [3.05, 3.63) is 0 Å². The van der Waals surface area contributed by atoms with Crippen LogP contribution in [-0.2, 0) is 9.57 Å². The Morgan fingerprint density at radius 2 is 1.87 bits per heavy atom. The molecule has 90 valence electrons. The zero-order chi connectivity index (χ0) is 11.8. The molecule has 1 fully saturated rings. The standard InChI is InChI=1S/C9H19NO5/c1-9(2,3)7(12)5(11)6-8(14-4)10(13)15-6/h5-8,11-13H,1-4H3. The topological polar surface area (TPSA) is 82.4 Å². The summed E-state index contributed by atoms with van der Waals surface area (Å²) >= 11 is 0. The summed E-state index contributed by atoms with van der Waals surface area (Å²) in [5.74, 6) is 0. The number of ether oxygens (including phenoxy) is 1. The van der Waals surface area contributed by atoms with Gasteiger partial charge in [-0.1, -0.05) is 20.8 Å². The van der Waals surface area contributed by atoms with Gasteiger partial charge in [-0.25, -0.2) is 0 Å². The summed E-state index contributed by atoms with van der Waals surface area (Å²) in [5.41, 5.74) is -0.461. The van der Waals surface area contributed by atoms with Crippen molar-refractivity contribution < 1.29 is 25.0 Å². The summed E-state index contributed by atoms with van der Waals surface area (Å²) in [7, 11) is 1.39. The fraction of sp³-hybridized carbons (Fsp3) is 1.00. The molecular formula is C9H19NO5. The number of aliphatic hydroxyl groups is 2. The fourth-order valence-corrected chi connectivity index (χ4v) is 1.45. The molecule has 1 aliphatic rings. The zero-order valence-corrected chi connectivity index (χ0v) is 9.41. The van der Waals surface area contributed by atoms with Gasteiger partial charge in [-0.3, -0.25) is 10.0 Å². The van der Waals surface area contributed by atoms with Crippen molar-refractivity contribution in [2.45, 2.75) is 45.3 Å². The van der Waals surface area contributed by atoms with Crippen LogP contribution in [-0.4, -0.2) is 52.3 Å². The smallest absolute Gasteiger partial charge is 0.190 e. The molecule has 1 aliphatic heterocycles. The number of hydroxylamine groups is 2. The second-order valence-electron chi connectivity index (χ2n) is 4.80. The Hall–Kier alpha value is -0.240. The summed E-state index contributed by atoms with van der Waals surface area (Å²) in [5, 5.41) is 29.1. The largest absolute Gasteiger partial charge is 0.390 e. The molecule has 1 rings (SSSR count). The molecule has 0 bridgehead atoms. The third-order valence-corrected chi connectivity index (χ3v) is 2.52. The Bertz CT molecular complexity index is 217. The molecule has 0 saturated carbocycles. The van der Waals surface area contributed by atoms with Gasteiger partial charge >= 0.3 is 0 Å². The minimum atomic E-state index is -1.10. The van der Waals surface area contributed by atoms with Gasteiger partial charge in [0.05, 0.1) is 6.10 Å². The van der Waals surface area contributed by atoms with E-state index in [0.29, 0.717) is 5.23 Å². The molecule has 4 atom stereocenters. The third kappa shape index (κ3) is 2.47. The molecule has 0 aromatic heterocycles. The van der Waals surface area contributed by atoms with Gasteiger partial charge in [0.25, 0.3) is 0 Å². The van der Waals surface area contributed by atoms with Gasteiger partial charge in [0.2, 0.25) is 0 Å². The first-order valence-corrected chi connectivity index (χ1v) is 4.83. The van der Waals surface area contributed by atoms with E-state index >= 15 is 0 Å². The molecule has 15 heavy (non-hydrogen) atoms. The van der Waals surface area contributed by atoms with Gasteiger partial charge in [-0.2, -0.15) is 0 Å². The first kappa shape index (κ1) is 12.8. The number of aliphatic hydroxyl groups excluding tert-OH is 2. The number of hydrogen-bond acceptors (Lipinski definition) is 6. The second-order valence-corrected chi connectivity index (χ2v) is 4.80. The highest BCUT2D eigenvalue weighted by atomic mass is 16.9. The molecule has 1 saturated heterocycles. The van der Waals surface area contributed by atoms with Gasteiger partial charge < -0.3 is 14.9 Å². The van der Waals surface area contributed by atoms with Crippen molar-refractivity contribution >= 4 is 0 Å². The van der Waals surface area contributed by atoms with Crippen molar-refractivity contribution in [2.75, 3.05) is 7.11 Å². The molecule has 6 heteroatoms. The maximum Gasteiger partial charge on any atom is 0.190 e. The number of rotatable bonds is 3. The van der Waals surface area contributed by atoms with Crippen molar-refractivity contribution in [3.8, 4) is 0 Å². The quantitative estimate of drug-likeness (QED) is 0.608. The summed E-state index contributed by atoms with van der Waals surface area (Å²) in [6.07, 6.45) is -3.53. The van der Waals surface area contributed by atoms with Crippen LogP contribution in [0, 0.1) is 5.41 Å². The van der Waals surface area contributed by atoms with Gasteiger partial charge in [0, 0.05) is 7.11 Å². The molecular weight excluding hydrogens is 202 g/mol. The predicted octanol–water partition coefficient (Wildman–Crippen LogP) is -0.268. The van der Waals surface area contributed by atoms with Crippen molar-refractivity contribution in [3.63, 3.8) is 0 Å². The maximum absolute atomic E-state index is 9.80. The van der Waals surface area contributed by atoms with E-state index in [1.54, 1.807) is 20.8 Å². The van der Waals surface area contributed by atoms with Crippen LogP contribution in [0.1, 0.15) is 20.8 Å². The lowest BCUT2D eigenvalue weighted by atomic mass is 9.83. The van der Waals surface area contributed by atoms with Crippen LogP contribution in [0.4, 0.5) is 0 Å². The molecule has 0 spiro atoms. The van der Waals surface area contributed by atoms with Crippen LogP contribution in [0.5, 0.6) is 0 Å². The van der Waals surface area contributed by atoms with Gasteiger partial charge in [-0.05, 0) is 10.6 Å². The molecule has 0 radical (unpaired) electrons. The highest BCUT2D eigenvalue weighted by Crippen LogP contribution is 2.30. The van der Waals surface area contributed by atoms with Crippen molar-refractivity contribution in [1.82, 2.24) is 5.23 Å². The van der Waals surface area contributed by atoms with Gasteiger partial charge in [0.15, 0.2) is 12.3 Å². The van der Waals surface area contributed by atoms with Crippen molar-refractivity contribution in [1.29, 1.82) is 0 Å². The van der Waals surface area contributed by atoms with Gasteiger partial charge in [-0.15, -0.1) is 0 Å². The molecule has 0 aromatic carbocycles. The highest BCUT2D eigenvalue weighted by Gasteiger charge is 2.49. The van der Waals surface area contributed by atoms with Crippen LogP contribution in [0.3, 0.4) is 0 Å². The maximum atomic E-state index is 9.80. The minimum Gasteiger partial charge on any atom is -0.390 e. The van der Waals surface area contributed by atoms with Crippen molar-refractivity contribution in [2.24, 2.45) is 5.41 Å². The second kappa shape index (κ2) is 4.32. The minimum absolute atomic E-state index is 0.461. The monoisotopic (exact) mass is 221 g/mol. The Morgan fingerprint density at radius 3 is 2.20 bits per heavy atom. The average molecular weight is 221 g/mol. The first-order valence-electron chi connectivity index (χ1n) is 4.83. The summed E-state index contributed by atoms with van der Waals surface area (Å²) in [4.78, 5) is 4.77. The van der Waals surface area contributed by atoms with E-state index in [0.717, 1.165) is 0 Å². The summed E-state index contributed by atoms with van der Waals surface area (Å²) < 4.78 is 4.87. The third-order valence-electron chi connectivity index (χ3n) is 2.52. The van der Waals surface area contributed by atoms with E-state index in [-0.39, 0.29) is 0 Å². The molecule has 4 unspecified atom stereocenters. The Labute approximate surface area is 88.9 Å². The highest BCUT2D eigenvalue weighted by molar-refractivity contribution is 4.89. The van der Waals surface area contributed by atoms with Crippen LogP contribution in [0.15, 0.2) is 0 Å². The molecule has 1 heterocycles. The summed E-state index contributed by atoms with van der Waals surface area (Å²) in [6.45, 7) is 5.41. The van der Waals surface area contributed by atoms with E-state index < -0.39 is 30.0 Å². The van der Waals surface area contributed by atoms with Crippen LogP contribution >= 0.6 is 0 Å². The van der Waals surface area contributed by atoms with Gasteiger partial charge in [0.1, 0.15) is 6.10 Å². The lowest BCUT2D eigenvalue weighted by molar-refractivity contribution is -0.524. The lowest BCUT2D eigenvalue weighted by Crippen LogP contribution is -2.65. The van der Waals surface area contributed by atoms with E-state index in [1.165, 1.54) is 7.11 Å². The first-order chi connectivity index (χ1) is 6.79. The molecule has 6 nitrogen and oxygen atoms in total. The summed E-state index contributed by atoms with van der Waals surface area (Å²) in [6, 6.07) is 0. The molecule has 0 aliphatic carbocycles. The molecule has 0 aromatic rings. The Balaban J connectivity index is 2.58. The normalized spacial score (nSPS) is 32.2. The SMILES string of the molecule is COC1C(C(O)C(O)C(C)(C)C)ON1O. The predicted molar refractivity (Wildman–Crippen MR) is 50.8 cm³/mol. The zero-order valence-electron chi connectivity index (χ0n) is 9.41. The van der Waals surface area contributed by atoms with Crippen LogP contribution < -0.4 is 0 Å².